The first-order valence-corrected chi connectivity index (χ1v) is 32.8. The van der Waals surface area contributed by atoms with Gasteiger partial charge >= 0.3 is 6.09 Å². The van der Waals surface area contributed by atoms with Crippen LogP contribution in [0.4, 0.5) is 22.4 Å². The molecule has 0 unspecified atom stereocenters. The van der Waals surface area contributed by atoms with Gasteiger partial charge in [-0.05, 0) is 145 Å². The Hall–Kier alpha value is -11.6. The number of hydrogen-bond acceptors (Lipinski definition) is 13. The van der Waals surface area contributed by atoms with Crippen molar-refractivity contribution in [2.45, 2.75) is 55.3 Å². The molecule has 2 amide bonds. The third kappa shape index (κ3) is 11.6. The van der Waals surface area contributed by atoms with Gasteiger partial charge in [0.05, 0.1) is 46.8 Å². The van der Waals surface area contributed by atoms with Crippen molar-refractivity contribution in [3.63, 3.8) is 0 Å². The standard InChI is InChI=1S/C82H70N6O11/c1-51(89)87(60-36-45-66-53(47-60)46-52-18-12-13-23-65(52)66)79-83-75-76(84-78(85-77(75)90)86-80(91)96-49-71-69-26-16-14-24-67(69)68-25-15-17-27-70(68)71)88(79)74-48-72(99-82(55-21-10-7-11-22-55,58-32-41-63(94-4)42-33-58)59-34-43-64(95-5)44-35-59)73(98-74)50-97-81(54-19-8-6-9-20-54,56-28-37-61(92-2)38-29-56)57-30-39-62(93-3)40-31-57/h6-45,47,71-74H,46,48-50H2,1-5H3,(H2,84,85,86,90,91)/t72-,73+,74+/m0/s1. The van der Waals surface area contributed by atoms with E-state index in [2.05, 4.69) is 34.6 Å². The zero-order chi connectivity index (χ0) is 67.8. The van der Waals surface area contributed by atoms with Crippen molar-refractivity contribution in [2.24, 2.45) is 0 Å². The SMILES string of the molecule is COc1ccc(C(OC[C@H]2O[C@@H](n3c(N(C(C)=O)c4ccc5c(c4)Cc4ccccc4-5)nc4c(=O)[nH]c(NC(=O)OCC5c6ccccc6-c6ccccc65)nc43)C[C@@H]2OC(c2ccccc2)(c2ccc(OC)cc2)c2ccc(OC)cc2)(c2ccccc2)c2ccc(OC)cc2)cc1. The highest BCUT2D eigenvalue weighted by atomic mass is 16.6. The second kappa shape index (κ2) is 26.8. The molecule has 2 aromatic heterocycles. The maximum Gasteiger partial charge on any atom is 0.414 e. The third-order valence-electron chi connectivity index (χ3n) is 19.3. The highest BCUT2D eigenvalue weighted by molar-refractivity contribution is 6.00. The summed E-state index contributed by atoms with van der Waals surface area (Å²) in [5.74, 6) is 1.69. The van der Waals surface area contributed by atoms with Crippen molar-refractivity contribution in [2.75, 3.05) is 51.9 Å². The number of benzene rings is 10. The van der Waals surface area contributed by atoms with Gasteiger partial charge in [-0.15, -0.1) is 0 Å². The molecule has 2 N–H and O–H groups in total. The first-order chi connectivity index (χ1) is 48.5. The number of nitrogens with one attached hydrogen (secondary N) is 2. The Balaban J connectivity index is 0.903. The molecule has 494 valence electrons. The minimum atomic E-state index is -1.41. The summed E-state index contributed by atoms with van der Waals surface area (Å²) in [5.41, 5.74) is 10.0. The summed E-state index contributed by atoms with van der Waals surface area (Å²) < 4.78 is 54.3. The second-order valence-electron chi connectivity index (χ2n) is 24.7. The van der Waals surface area contributed by atoms with Crippen LogP contribution in [0.3, 0.4) is 0 Å². The summed E-state index contributed by atoms with van der Waals surface area (Å²) in [6.45, 7) is 1.30. The van der Waals surface area contributed by atoms with Crippen LogP contribution < -0.4 is 34.7 Å². The Kier molecular flexibility index (Phi) is 17.1. The Morgan fingerprint density at radius 3 is 1.56 bits per heavy atom. The predicted molar refractivity (Wildman–Crippen MR) is 378 cm³/mol. The topological polar surface area (TPSA) is 187 Å². The number of H-pyrrole nitrogens is 1. The summed E-state index contributed by atoms with van der Waals surface area (Å²) >= 11 is 0. The first kappa shape index (κ1) is 63.4. The van der Waals surface area contributed by atoms with Crippen molar-refractivity contribution in [1.29, 1.82) is 0 Å². The molecule has 12 aromatic rings. The number of methoxy groups -OCH3 is 4. The summed E-state index contributed by atoms with van der Waals surface area (Å²) in [5, 5.41) is 2.74. The molecular weight excluding hydrogens is 1240 g/mol. The Morgan fingerprint density at radius 2 is 1.02 bits per heavy atom. The molecule has 99 heavy (non-hydrogen) atoms. The molecule has 17 heteroatoms. The van der Waals surface area contributed by atoms with Crippen LogP contribution in [0.1, 0.15) is 81.1 Å². The lowest BCUT2D eigenvalue weighted by atomic mass is 9.79. The number of ether oxygens (including phenoxy) is 8. The highest BCUT2D eigenvalue weighted by Gasteiger charge is 2.49. The van der Waals surface area contributed by atoms with E-state index in [1.165, 1.54) is 11.8 Å². The van der Waals surface area contributed by atoms with E-state index >= 15 is 4.79 Å². The van der Waals surface area contributed by atoms with E-state index in [1.54, 1.807) is 33.0 Å². The molecule has 0 spiro atoms. The van der Waals surface area contributed by atoms with E-state index in [-0.39, 0.29) is 48.6 Å². The number of aromatic amines is 1. The number of fused-ring (bicyclic) bond motifs is 7. The Bertz CT molecular complexity index is 4870. The van der Waals surface area contributed by atoms with Crippen LogP contribution in [-0.2, 0) is 41.4 Å². The van der Waals surface area contributed by atoms with Crippen LogP contribution in [0.15, 0.2) is 254 Å². The lowest BCUT2D eigenvalue weighted by molar-refractivity contribution is -0.125. The molecule has 15 rings (SSSR count). The lowest BCUT2D eigenvalue weighted by Crippen LogP contribution is -2.43. The summed E-state index contributed by atoms with van der Waals surface area (Å²) in [6, 6.07) is 81.4. The number of amides is 2. The highest BCUT2D eigenvalue weighted by Crippen LogP contribution is 2.50. The minimum Gasteiger partial charge on any atom is -0.497 e. The fraction of sp³-hybridized carbons (Fsp3) is 0.183. The Morgan fingerprint density at radius 1 is 0.545 bits per heavy atom. The van der Waals surface area contributed by atoms with Gasteiger partial charge in [0.15, 0.2) is 11.2 Å². The molecule has 1 fully saturated rings. The maximum absolute atomic E-state index is 15.0. The molecule has 0 radical (unpaired) electrons. The average molecular weight is 1320 g/mol. The van der Waals surface area contributed by atoms with Gasteiger partial charge < -0.3 is 37.9 Å². The van der Waals surface area contributed by atoms with Gasteiger partial charge in [0.25, 0.3) is 5.56 Å². The van der Waals surface area contributed by atoms with Crippen LogP contribution in [0.2, 0.25) is 0 Å². The van der Waals surface area contributed by atoms with E-state index in [0.717, 1.165) is 77.9 Å². The lowest BCUT2D eigenvalue weighted by Gasteiger charge is -2.40. The van der Waals surface area contributed by atoms with Gasteiger partial charge in [-0.25, -0.2) is 9.78 Å². The van der Waals surface area contributed by atoms with Crippen molar-refractivity contribution in [1.82, 2.24) is 19.5 Å². The summed E-state index contributed by atoms with van der Waals surface area (Å²) in [6.07, 6.45) is -3.27. The molecule has 10 aromatic carbocycles. The first-order valence-electron chi connectivity index (χ1n) is 32.8. The predicted octanol–water partition coefficient (Wildman–Crippen LogP) is 15.4. The normalized spacial score (nSPS) is 15.3. The minimum absolute atomic E-state index is 0.00534. The van der Waals surface area contributed by atoms with E-state index in [4.69, 9.17) is 47.9 Å². The molecule has 1 saturated heterocycles. The number of aromatic nitrogens is 4. The zero-order valence-corrected chi connectivity index (χ0v) is 55.1. The van der Waals surface area contributed by atoms with Gasteiger partial charge in [-0.1, -0.05) is 188 Å². The van der Waals surface area contributed by atoms with Gasteiger partial charge in [-0.2, -0.15) is 4.98 Å². The molecule has 3 aliphatic rings. The van der Waals surface area contributed by atoms with Crippen molar-refractivity contribution >= 4 is 40.7 Å². The third-order valence-corrected chi connectivity index (χ3v) is 19.3. The molecule has 2 aliphatic carbocycles. The van der Waals surface area contributed by atoms with E-state index in [0.29, 0.717) is 35.1 Å². The Labute approximate surface area is 572 Å². The van der Waals surface area contributed by atoms with Crippen LogP contribution in [0.25, 0.3) is 33.4 Å². The summed E-state index contributed by atoms with van der Waals surface area (Å²) in [4.78, 5) is 58.5. The number of imidazole rings is 1. The van der Waals surface area contributed by atoms with E-state index in [9.17, 15) is 9.59 Å². The monoisotopic (exact) mass is 1310 g/mol. The van der Waals surface area contributed by atoms with Crippen molar-refractivity contribution < 1.29 is 47.5 Å². The molecule has 0 saturated carbocycles. The molecule has 0 bridgehead atoms. The molecule has 3 atom stereocenters. The van der Waals surface area contributed by atoms with Crippen LogP contribution in [0, 0.1) is 0 Å². The maximum atomic E-state index is 15.0. The van der Waals surface area contributed by atoms with Gasteiger partial charge in [0.2, 0.25) is 17.8 Å². The average Bonchev–Trinajstić information content (AvgIpc) is 1.72. The number of rotatable bonds is 21. The van der Waals surface area contributed by atoms with E-state index < -0.39 is 47.2 Å². The quantitative estimate of drug-likeness (QED) is 0.0648. The molecule has 3 heterocycles. The van der Waals surface area contributed by atoms with Crippen LogP contribution >= 0.6 is 0 Å². The fourth-order valence-electron chi connectivity index (χ4n) is 14.6. The van der Waals surface area contributed by atoms with Crippen molar-refractivity contribution in [3.05, 3.63) is 315 Å². The second-order valence-corrected chi connectivity index (χ2v) is 24.7. The van der Waals surface area contributed by atoms with Gasteiger partial charge in [0, 0.05) is 19.3 Å². The van der Waals surface area contributed by atoms with E-state index in [1.807, 2.05) is 224 Å². The van der Waals surface area contributed by atoms with Crippen LogP contribution in [-0.4, -0.2) is 85.4 Å². The van der Waals surface area contributed by atoms with Gasteiger partial charge in [-0.3, -0.25) is 29.4 Å². The van der Waals surface area contributed by atoms with Crippen molar-refractivity contribution in [3.8, 4) is 45.3 Å². The number of carbonyl (C=O) groups is 2. The largest absolute Gasteiger partial charge is 0.497 e. The smallest absolute Gasteiger partial charge is 0.414 e. The molecular formula is C82H70N6O11. The summed E-state index contributed by atoms with van der Waals surface area (Å²) in [7, 11) is 6.51. The molecule has 17 nitrogen and oxygen atoms in total. The van der Waals surface area contributed by atoms with Crippen LogP contribution in [0.5, 0.6) is 23.0 Å². The number of carbonyl (C=O) groups excluding carboxylic acids is 2. The molecule has 1 aliphatic heterocycles. The number of nitrogens with zero attached hydrogens (tertiary/aromatic N) is 4. The zero-order valence-electron chi connectivity index (χ0n) is 55.1. The van der Waals surface area contributed by atoms with Gasteiger partial charge in [0.1, 0.15) is 53.1 Å². The fourth-order valence-corrected chi connectivity index (χ4v) is 14.6. The number of hydrogen-bond donors (Lipinski definition) is 2. The number of anilines is 3.